The number of rotatable bonds is 4. The Hall–Kier alpha value is -2.37. The number of aromatic hydroxyl groups is 1. The lowest BCUT2D eigenvalue weighted by atomic mass is 10.2. The molecule has 106 valence electrons. The van der Waals surface area contributed by atoms with E-state index in [2.05, 4.69) is 5.32 Å². The van der Waals surface area contributed by atoms with Crippen molar-refractivity contribution in [2.24, 2.45) is 0 Å². The molecular weight excluding hydrogens is 271 g/mol. The van der Waals surface area contributed by atoms with Crippen LogP contribution < -0.4 is 10.1 Å². The summed E-state index contributed by atoms with van der Waals surface area (Å²) in [6.07, 6.45) is 0. The Bertz CT molecular complexity index is 609. The van der Waals surface area contributed by atoms with Crippen molar-refractivity contribution in [2.45, 2.75) is 6.54 Å². The van der Waals surface area contributed by atoms with E-state index < -0.39 is 17.5 Å². The Kier molecular flexibility index (Phi) is 4.02. The molecule has 0 saturated heterocycles. The number of nitrogens with one attached hydrogen (secondary N) is 1. The Labute approximate surface area is 113 Å². The van der Waals surface area contributed by atoms with Crippen molar-refractivity contribution in [3.63, 3.8) is 0 Å². The molecule has 0 aliphatic rings. The summed E-state index contributed by atoms with van der Waals surface area (Å²) in [6.45, 7) is 0.237. The summed E-state index contributed by atoms with van der Waals surface area (Å²) in [5, 5.41) is 12.2. The minimum atomic E-state index is -1.50. The lowest BCUT2D eigenvalue weighted by Crippen LogP contribution is -2.02. The first-order valence-corrected chi connectivity index (χ1v) is 5.75. The molecule has 0 atom stereocenters. The van der Waals surface area contributed by atoms with Crippen molar-refractivity contribution < 1.29 is 23.0 Å². The molecule has 0 saturated carbocycles. The molecular formula is C14H12F3NO2. The molecule has 0 aliphatic carbocycles. The van der Waals surface area contributed by atoms with Gasteiger partial charge in [0, 0.05) is 24.4 Å². The van der Waals surface area contributed by atoms with Crippen LogP contribution in [0.25, 0.3) is 0 Å². The number of halogens is 3. The predicted octanol–water partition coefficient (Wildman–Crippen LogP) is 3.43. The van der Waals surface area contributed by atoms with E-state index in [9.17, 15) is 18.3 Å². The van der Waals surface area contributed by atoms with Crippen LogP contribution in [-0.2, 0) is 6.54 Å². The summed E-state index contributed by atoms with van der Waals surface area (Å²) in [6, 6.07) is 6.40. The monoisotopic (exact) mass is 283 g/mol. The second kappa shape index (κ2) is 5.73. The van der Waals surface area contributed by atoms with Crippen LogP contribution >= 0.6 is 0 Å². The minimum absolute atomic E-state index is 0.00452. The molecule has 0 heterocycles. The highest BCUT2D eigenvalue weighted by Gasteiger charge is 2.10. The van der Waals surface area contributed by atoms with Crippen LogP contribution in [0.15, 0.2) is 30.3 Å². The third-order valence-corrected chi connectivity index (χ3v) is 2.72. The zero-order chi connectivity index (χ0) is 14.7. The van der Waals surface area contributed by atoms with E-state index >= 15 is 0 Å². The highest BCUT2D eigenvalue weighted by molar-refractivity contribution is 5.47. The van der Waals surface area contributed by atoms with Gasteiger partial charge in [0.1, 0.15) is 0 Å². The van der Waals surface area contributed by atoms with Gasteiger partial charge in [0.05, 0.1) is 7.11 Å². The summed E-state index contributed by atoms with van der Waals surface area (Å²) in [7, 11) is 1.41. The molecule has 0 spiro atoms. The maximum Gasteiger partial charge on any atom is 0.194 e. The van der Waals surface area contributed by atoms with E-state index in [4.69, 9.17) is 4.74 Å². The Balaban J connectivity index is 2.13. The van der Waals surface area contributed by atoms with Crippen LogP contribution in [0.2, 0.25) is 0 Å². The molecule has 0 aromatic heterocycles. The fourth-order valence-corrected chi connectivity index (χ4v) is 1.69. The molecule has 2 rings (SSSR count). The number of hydrogen-bond acceptors (Lipinski definition) is 3. The van der Waals surface area contributed by atoms with E-state index in [-0.39, 0.29) is 18.0 Å². The van der Waals surface area contributed by atoms with E-state index in [0.29, 0.717) is 5.75 Å². The number of hydrogen-bond donors (Lipinski definition) is 2. The highest BCUT2D eigenvalue weighted by Crippen LogP contribution is 2.26. The van der Waals surface area contributed by atoms with Gasteiger partial charge < -0.3 is 15.2 Å². The fourth-order valence-electron chi connectivity index (χ4n) is 1.69. The predicted molar refractivity (Wildman–Crippen MR) is 68.3 cm³/mol. The quantitative estimate of drug-likeness (QED) is 0.845. The lowest BCUT2D eigenvalue weighted by molar-refractivity contribution is 0.373. The first-order valence-electron chi connectivity index (χ1n) is 5.75. The minimum Gasteiger partial charge on any atom is -0.504 e. The van der Waals surface area contributed by atoms with E-state index in [1.54, 1.807) is 12.1 Å². The van der Waals surface area contributed by atoms with Gasteiger partial charge in [0.15, 0.2) is 29.0 Å². The second-order valence-electron chi connectivity index (χ2n) is 4.11. The van der Waals surface area contributed by atoms with Crippen LogP contribution in [0, 0.1) is 17.5 Å². The fraction of sp³-hybridized carbons (Fsp3) is 0.143. The van der Waals surface area contributed by atoms with Gasteiger partial charge in [0.25, 0.3) is 0 Å². The van der Waals surface area contributed by atoms with Gasteiger partial charge in [-0.1, -0.05) is 6.07 Å². The highest BCUT2D eigenvalue weighted by atomic mass is 19.2. The molecule has 0 bridgehead atoms. The molecule has 0 unspecified atom stereocenters. The molecule has 2 N–H and O–H groups in total. The Morgan fingerprint density at radius 2 is 1.75 bits per heavy atom. The summed E-state index contributed by atoms with van der Waals surface area (Å²) in [5.74, 6) is -3.72. The smallest absolute Gasteiger partial charge is 0.194 e. The van der Waals surface area contributed by atoms with Gasteiger partial charge in [-0.15, -0.1) is 0 Å². The van der Waals surface area contributed by atoms with Crippen LogP contribution in [0.5, 0.6) is 11.5 Å². The Morgan fingerprint density at radius 1 is 1.10 bits per heavy atom. The molecule has 2 aromatic carbocycles. The molecule has 6 heteroatoms. The van der Waals surface area contributed by atoms with E-state index in [0.717, 1.165) is 17.7 Å². The normalized spacial score (nSPS) is 10.4. The van der Waals surface area contributed by atoms with Crippen molar-refractivity contribution in [1.29, 1.82) is 0 Å². The van der Waals surface area contributed by atoms with Crippen LogP contribution in [-0.4, -0.2) is 12.2 Å². The van der Waals surface area contributed by atoms with Crippen molar-refractivity contribution in [3.05, 3.63) is 53.3 Å². The molecule has 20 heavy (non-hydrogen) atoms. The van der Waals surface area contributed by atoms with Crippen LogP contribution in [0.4, 0.5) is 18.9 Å². The van der Waals surface area contributed by atoms with Crippen molar-refractivity contribution in [1.82, 2.24) is 0 Å². The molecule has 2 aromatic rings. The number of phenolic OH excluding ortho intramolecular Hbond substituents is 1. The molecule has 0 amide bonds. The number of benzene rings is 2. The van der Waals surface area contributed by atoms with Crippen molar-refractivity contribution in [3.8, 4) is 11.5 Å². The van der Waals surface area contributed by atoms with E-state index in [1.165, 1.54) is 13.2 Å². The number of phenols is 1. The largest absolute Gasteiger partial charge is 0.504 e. The van der Waals surface area contributed by atoms with Gasteiger partial charge in [-0.3, -0.25) is 0 Å². The third-order valence-electron chi connectivity index (χ3n) is 2.72. The van der Waals surface area contributed by atoms with Crippen LogP contribution in [0.3, 0.4) is 0 Å². The lowest BCUT2D eigenvalue weighted by Gasteiger charge is -2.09. The second-order valence-corrected chi connectivity index (χ2v) is 4.11. The SMILES string of the molecule is COc1cc(CNc2cc(F)c(F)c(F)c2)ccc1O. The molecule has 0 fully saturated rings. The number of ether oxygens (including phenoxy) is 1. The summed E-state index contributed by atoms with van der Waals surface area (Å²) < 4.78 is 43.8. The summed E-state index contributed by atoms with van der Waals surface area (Å²) in [5.41, 5.74) is 0.846. The van der Waals surface area contributed by atoms with Crippen molar-refractivity contribution in [2.75, 3.05) is 12.4 Å². The average molecular weight is 283 g/mol. The standard InChI is InChI=1S/C14H12F3NO2/c1-20-13-4-8(2-3-12(13)19)7-18-9-5-10(15)14(17)11(16)6-9/h2-6,18-19H,7H2,1H3. The molecule has 3 nitrogen and oxygen atoms in total. The molecule has 0 radical (unpaired) electrons. The summed E-state index contributed by atoms with van der Waals surface area (Å²) >= 11 is 0. The zero-order valence-corrected chi connectivity index (χ0v) is 10.6. The topological polar surface area (TPSA) is 41.5 Å². The van der Waals surface area contributed by atoms with Gasteiger partial charge in [-0.05, 0) is 17.7 Å². The first kappa shape index (κ1) is 14.0. The average Bonchev–Trinajstić information content (AvgIpc) is 2.43. The van der Waals surface area contributed by atoms with E-state index in [1.807, 2.05) is 0 Å². The van der Waals surface area contributed by atoms with Gasteiger partial charge in [-0.2, -0.15) is 0 Å². The van der Waals surface area contributed by atoms with Crippen molar-refractivity contribution >= 4 is 5.69 Å². The molecule has 0 aliphatic heterocycles. The van der Waals surface area contributed by atoms with Gasteiger partial charge in [-0.25, -0.2) is 13.2 Å². The zero-order valence-electron chi connectivity index (χ0n) is 10.6. The Morgan fingerprint density at radius 3 is 2.35 bits per heavy atom. The number of anilines is 1. The third kappa shape index (κ3) is 2.96. The van der Waals surface area contributed by atoms with Gasteiger partial charge in [0.2, 0.25) is 0 Å². The van der Waals surface area contributed by atoms with Crippen LogP contribution in [0.1, 0.15) is 5.56 Å². The summed E-state index contributed by atoms with van der Waals surface area (Å²) in [4.78, 5) is 0. The number of methoxy groups -OCH3 is 1. The van der Waals surface area contributed by atoms with Gasteiger partial charge >= 0.3 is 0 Å². The maximum absolute atomic E-state index is 13.0. The first-order chi connectivity index (χ1) is 9.51. The maximum atomic E-state index is 13.0.